The number of hydrogen-bond donors (Lipinski definition) is 2. The molecule has 2 aromatic rings. The molecule has 27 heavy (non-hydrogen) atoms. The number of hydrogen-bond acceptors (Lipinski definition) is 3. The van der Waals surface area contributed by atoms with Crippen molar-refractivity contribution in [3.8, 4) is 5.69 Å². The summed E-state index contributed by atoms with van der Waals surface area (Å²) in [5, 5.41) is 11.5. The van der Waals surface area contributed by atoms with Gasteiger partial charge in [-0.1, -0.05) is 18.2 Å². The number of rotatable bonds is 5. The zero-order chi connectivity index (χ0) is 18.6. The van der Waals surface area contributed by atoms with E-state index in [1.54, 1.807) is 7.05 Å². The molecule has 0 radical (unpaired) electrons. The maximum atomic E-state index is 5.83. The molecule has 0 spiro atoms. The van der Waals surface area contributed by atoms with Crippen LogP contribution in [-0.4, -0.2) is 41.5 Å². The number of aromatic nitrogens is 2. The molecule has 7 heteroatoms. The van der Waals surface area contributed by atoms with E-state index < -0.39 is 0 Å². The number of guanidine groups is 1. The molecule has 1 saturated heterocycles. The smallest absolute Gasteiger partial charge is 0.191 e. The van der Waals surface area contributed by atoms with Crippen LogP contribution in [0.25, 0.3) is 5.69 Å². The highest BCUT2D eigenvalue weighted by Gasteiger charge is 2.29. The van der Waals surface area contributed by atoms with Crippen molar-refractivity contribution in [3.05, 3.63) is 47.3 Å². The molecule has 1 aromatic carbocycles. The van der Waals surface area contributed by atoms with Crippen molar-refractivity contribution < 1.29 is 4.74 Å². The Bertz CT molecular complexity index is 766. The van der Waals surface area contributed by atoms with Gasteiger partial charge in [0.25, 0.3) is 0 Å². The van der Waals surface area contributed by atoms with Crippen LogP contribution in [0.1, 0.15) is 36.7 Å². The molecule has 0 bridgehead atoms. The number of aliphatic imine (C=N–C) groups is 1. The van der Waals surface area contributed by atoms with Gasteiger partial charge < -0.3 is 15.4 Å². The molecule has 1 aliphatic heterocycles. The van der Waals surface area contributed by atoms with E-state index in [4.69, 9.17) is 9.84 Å². The first-order valence-corrected chi connectivity index (χ1v) is 9.21. The van der Waals surface area contributed by atoms with Crippen LogP contribution in [0.5, 0.6) is 0 Å². The Morgan fingerprint density at radius 1 is 1.26 bits per heavy atom. The second-order valence-electron chi connectivity index (χ2n) is 7.08. The van der Waals surface area contributed by atoms with Gasteiger partial charge in [-0.25, -0.2) is 4.68 Å². The molecule has 1 aliphatic rings. The minimum absolute atomic E-state index is 0. The number of nitrogens with one attached hydrogen (secondary N) is 2. The molecule has 1 unspecified atom stereocenters. The van der Waals surface area contributed by atoms with Gasteiger partial charge in [0.15, 0.2) is 5.96 Å². The first kappa shape index (κ1) is 21.7. The minimum Gasteiger partial charge on any atom is -0.373 e. The molecule has 2 heterocycles. The van der Waals surface area contributed by atoms with Crippen LogP contribution in [0, 0.1) is 13.8 Å². The minimum atomic E-state index is -0.0956. The van der Waals surface area contributed by atoms with Crippen molar-refractivity contribution >= 4 is 29.9 Å². The van der Waals surface area contributed by atoms with Crippen molar-refractivity contribution in [2.45, 2.75) is 45.8 Å². The fraction of sp³-hybridized carbons (Fsp3) is 0.500. The molecule has 2 N–H and O–H groups in total. The van der Waals surface area contributed by atoms with E-state index in [9.17, 15) is 0 Å². The Kier molecular flexibility index (Phi) is 7.67. The van der Waals surface area contributed by atoms with Gasteiger partial charge in [0.05, 0.1) is 17.0 Å². The fourth-order valence-corrected chi connectivity index (χ4v) is 3.39. The highest BCUT2D eigenvalue weighted by atomic mass is 127. The Hall–Kier alpha value is -1.61. The van der Waals surface area contributed by atoms with Crippen molar-refractivity contribution in [3.63, 3.8) is 0 Å². The lowest BCUT2D eigenvalue weighted by molar-refractivity contribution is 0.0243. The summed E-state index contributed by atoms with van der Waals surface area (Å²) in [5.74, 6) is 0.785. The van der Waals surface area contributed by atoms with Gasteiger partial charge >= 0.3 is 0 Å². The van der Waals surface area contributed by atoms with Gasteiger partial charge in [-0.3, -0.25) is 4.99 Å². The number of aryl methyl sites for hydroxylation is 1. The highest BCUT2D eigenvalue weighted by Crippen LogP contribution is 2.23. The van der Waals surface area contributed by atoms with Crippen LogP contribution < -0.4 is 10.6 Å². The molecule has 1 fully saturated rings. The molecule has 1 atom stereocenters. The molecular formula is C20H30IN5O. The fourth-order valence-electron chi connectivity index (χ4n) is 3.39. The zero-order valence-electron chi connectivity index (χ0n) is 16.6. The van der Waals surface area contributed by atoms with E-state index in [1.807, 2.05) is 29.8 Å². The van der Waals surface area contributed by atoms with Crippen molar-refractivity contribution in [1.82, 2.24) is 20.4 Å². The van der Waals surface area contributed by atoms with Crippen LogP contribution in [0.2, 0.25) is 0 Å². The normalized spacial score (nSPS) is 19.6. The maximum Gasteiger partial charge on any atom is 0.191 e. The standard InChI is InChI=1S/C20H29N5O.HI/c1-15-18(16(2)25(24-15)17-9-6-5-7-10-17)13-22-19(21-4)23-14-20(3)11-8-12-26-20;/h5-7,9-10H,8,11-14H2,1-4H3,(H2,21,22,23);1H. The summed E-state index contributed by atoms with van der Waals surface area (Å²) in [7, 11) is 1.79. The van der Waals surface area contributed by atoms with Gasteiger partial charge in [-0.15, -0.1) is 24.0 Å². The number of para-hydroxylation sites is 1. The predicted octanol–water partition coefficient (Wildman–Crippen LogP) is 3.34. The largest absolute Gasteiger partial charge is 0.373 e. The number of halogens is 1. The zero-order valence-corrected chi connectivity index (χ0v) is 18.9. The summed E-state index contributed by atoms with van der Waals surface area (Å²) in [6, 6.07) is 10.2. The lowest BCUT2D eigenvalue weighted by atomic mass is 10.0. The average molecular weight is 483 g/mol. The van der Waals surface area contributed by atoms with Crippen molar-refractivity contribution in [1.29, 1.82) is 0 Å². The van der Waals surface area contributed by atoms with Gasteiger partial charge in [-0.2, -0.15) is 5.10 Å². The molecular weight excluding hydrogens is 453 g/mol. The summed E-state index contributed by atoms with van der Waals surface area (Å²) < 4.78 is 7.83. The maximum absolute atomic E-state index is 5.83. The van der Waals surface area contributed by atoms with E-state index in [0.717, 1.165) is 49.0 Å². The van der Waals surface area contributed by atoms with Gasteiger partial charge in [0, 0.05) is 38.0 Å². The monoisotopic (exact) mass is 483 g/mol. The molecule has 1 aromatic heterocycles. The quantitative estimate of drug-likeness (QED) is 0.389. The number of benzene rings is 1. The third-order valence-electron chi connectivity index (χ3n) is 5.03. The summed E-state index contributed by atoms with van der Waals surface area (Å²) >= 11 is 0. The third kappa shape index (κ3) is 5.22. The number of nitrogens with zero attached hydrogens (tertiary/aromatic N) is 3. The van der Waals surface area contributed by atoms with Crippen LogP contribution in [-0.2, 0) is 11.3 Å². The predicted molar refractivity (Wildman–Crippen MR) is 120 cm³/mol. The molecule has 0 saturated carbocycles. The van der Waals surface area contributed by atoms with Crippen LogP contribution in [0.3, 0.4) is 0 Å². The summed E-state index contributed by atoms with van der Waals surface area (Å²) in [6.07, 6.45) is 2.21. The van der Waals surface area contributed by atoms with E-state index in [0.29, 0.717) is 6.54 Å². The van der Waals surface area contributed by atoms with Gasteiger partial charge in [-0.05, 0) is 45.7 Å². The lowest BCUT2D eigenvalue weighted by Crippen LogP contribution is -2.45. The second-order valence-corrected chi connectivity index (χ2v) is 7.08. The summed E-state index contributed by atoms with van der Waals surface area (Å²) in [6.45, 7) is 8.59. The SMILES string of the molecule is CN=C(NCc1c(C)nn(-c2ccccc2)c1C)NCC1(C)CCCO1.I. The van der Waals surface area contributed by atoms with Crippen LogP contribution >= 0.6 is 24.0 Å². The second kappa shape index (κ2) is 9.54. The van der Waals surface area contributed by atoms with E-state index in [2.05, 4.69) is 41.6 Å². The van der Waals surface area contributed by atoms with Crippen molar-refractivity contribution in [2.75, 3.05) is 20.2 Å². The van der Waals surface area contributed by atoms with Crippen LogP contribution in [0.4, 0.5) is 0 Å². The molecule has 0 aliphatic carbocycles. The summed E-state index contributed by atoms with van der Waals surface area (Å²) in [5.41, 5.74) is 4.35. The average Bonchev–Trinajstić information content (AvgIpc) is 3.20. The van der Waals surface area contributed by atoms with E-state index in [-0.39, 0.29) is 29.6 Å². The molecule has 148 valence electrons. The third-order valence-corrected chi connectivity index (χ3v) is 5.03. The Morgan fingerprint density at radius 3 is 2.63 bits per heavy atom. The number of ether oxygens (including phenoxy) is 1. The topological polar surface area (TPSA) is 63.5 Å². The van der Waals surface area contributed by atoms with Crippen LogP contribution in [0.15, 0.2) is 35.3 Å². The Balaban J connectivity index is 0.00000261. The highest BCUT2D eigenvalue weighted by molar-refractivity contribution is 14.0. The summed E-state index contributed by atoms with van der Waals surface area (Å²) in [4.78, 5) is 4.33. The molecule has 0 amide bonds. The molecule has 6 nitrogen and oxygen atoms in total. The molecule has 3 rings (SSSR count). The van der Waals surface area contributed by atoms with Gasteiger partial charge in [0.1, 0.15) is 0 Å². The van der Waals surface area contributed by atoms with E-state index >= 15 is 0 Å². The Morgan fingerprint density at radius 2 is 2.00 bits per heavy atom. The first-order valence-electron chi connectivity index (χ1n) is 9.21. The first-order chi connectivity index (χ1) is 12.5. The van der Waals surface area contributed by atoms with Gasteiger partial charge in [0.2, 0.25) is 0 Å². The van der Waals surface area contributed by atoms with Crippen molar-refractivity contribution in [2.24, 2.45) is 4.99 Å². The lowest BCUT2D eigenvalue weighted by Gasteiger charge is -2.24. The Labute approximate surface area is 178 Å². The van der Waals surface area contributed by atoms with E-state index in [1.165, 1.54) is 5.56 Å².